The van der Waals surface area contributed by atoms with Gasteiger partial charge < -0.3 is 14.5 Å². The van der Waals surface area contributed by atoms with Crippen molar-refractivity contribution in [3.05, 3.63) is 191 Å². The summed E-state index contributed by atoms with van der Waals surface area (Å²) in [5, 5.41) is 1.07. The zero-order valence-corrected chi connectivity index (χ0v) is 48.3. The Morgan fingerprint density at radius 3 is 1.87 bits per heavy atom. The third-order valence-electron chi connectivity index (χ3n) is 16.4. The van der Waals surface area contributed by atoms with Crippen LogP contribution < -0.4 is 14.5 Å². The molecule has 394 valence electrons. The van der Waals surface area contributed by atoms with E-state index < -0.39 is 5.41 Å². The van der Waals surface area contributed by atoms with Crippen LogP contribution in [0.1, 0.15) is 167 Å². The lowest BCUT2D eigenvalue weighted by molar-refractivity contribution is 0.332. The molecule has 0 radical (unpaired) electrons. The number of pyridine rings is 1. The van der Waals surface area contributed by atoms with Crippen LogP contribution in [-0.2, 0) is 32.5 Å². The minimum atomic E-state index is -0.397. The van der Waals surface area contributed by atoms with Crippen molar-refractivity contribution in [1.82, 2.24) is 9.55 Å². The van der Waals surface area contributed by atoms with Gasteiger partial charge in [-0.25, -0.2) is 4.98 Å². The van der Waals surface area contributed by atoms with Gasteiger partial charge in [-0.15, -0.1) is 0 Å². The second kappa shape index (κ2) is 18.3. The van der Waals surface area contributed by atoms with E-state index in [0.29, 0.717) is 57.4 Å². The molecule has 2 aromatic heterocycles. The van der Waals surface area contributed by atoms with Crippen molar-refractivity contribution in [2.24, 2.45) is 0 Å². The monoisotopic (exact) mass is 1020 g/mol. The van der Waals surface area contributed by atoms with Gasteiger partial charge in [0.05, 0.1) is 37.7 Å². The van der Waals surface area contributed by atoms with E-state index in [2.05, 4.69) is 181 Å². The minimum Gasteiger partial charge on any atom is -0.457 e. The van der Waals surface area contributed by atoms with Gasteiger partial charge in [-0.05, 0) is 157 Å². The van der Waals surface area contributed by atoms with Gasteiger partial charge in [-0.1, -0.05) is 183 Å². The number of benzene rings is 7. The van der Waals surface area contributed by atoms with Gasteiger partial charge in [-0.2, -0.15) is 0 Å². The summed E-state index contributed by atoms with van der Waals surface area (Å²) in [5.74, 6) is 1.63. The van der Waals surface area contributed by atoms with E-state index in [1.807, 2.05) is 53.1 Å². The van der Waals surface area contributed by atoms with Crippen molar-refractivity contribution >= 4 is 44.6 Å². The Morgan fingerprint density at radius 2 is 1.17 bits per heavy atom. The van der Waals surface area contributed by atoms with E-state index in [9.17, 15) is 5.48 Å². The van der Waals surface area contributed by atoms with E-state index in [-0.39, 0.29) is 63.3 Å². The lowest BCUT2D eigenvalue weighted by atomic mass is 9.63. The molecule has 5 heteroatoms. The number of hydrogen-bond donors (Lipinski definition) is 0. The van der Waals surface area contributed by atoms with Gasteiger partial charge in [-0.3, -0.25) is 4.57 Å². The molecular formula is C72H80N4O. The largest absolute Gasteiger partial charge is 0.457 e. The van der Waals surface area contributed by atoms with E-state index in [1.165, 1.54) is 11.1 Å². The molecule has 7 aromatic carbocycles. The molecule has 9 aromatic rings. The highest BCUT2D eigenvalue weighted by Gasteiger charge is 2.39. The Kier molecular flexibility index (Phi) is 10.4. The van der Waals surface area contributed by atoms with Gasteiger partial charge in [0.25, 0.3) is 0 Å². The SMILES string of the molecule is [2H]c1c([2H])c2c(c([2H])c1-c1cc(C(C)(C)C)cc(-c3ccc(C(C)(C)C)cc3C(C)(C)C)c1N1CN(c3cccc(Oc4ccc5c6c([2H])c([2H])c([2H])c([2H])c6n(-c6cc(C(C)(C)C)ccn6)c5c4)c3)c3ccccc31)C(C)(C)CCC2(C)C. The minimum absolute atomic E-state index is 0.0758. The van der Waals surface area contributed by atoms with Gasteiger partial charge in [0, 0.05) is 45.9 Å². The molecule has 0 fully saturated rings. The summed E-state index contributed by atoms with van der Waals surface area (Å²) < 4.78 is 74.9. The molecule has 0 saturated heterocycles. The number of para-hydroxylation sites is 3. The van der Waals surface area contributed by atoms with Crippen molar-refractivity contribution in [3.8, 4) is 39.6 Å². The van der Waals surface area contributed by atoms with Crippen molar-refractivity contribution < 1.29 is 14.3 Å². The van der Waals surface area contributed by atoms with Gasteiger partial charge in [0.15, 0.2) is 0 Å². The molecule has 0 N–H and O–H groups in total. The molecule has 0 bridgehead atoms. The molecule has 0 amide bonds. The van der Waals surface area contributed by atoms with Crippen LogP contribution in [0.25, 0.3) is 49.9 Å². The summed E-state index contributed by atoms with van der Waals surface area (Å²) in [4.78, 5) is 9.45. The molecule has 1 aliphatic heterocycles. The lowest BCUT2D eigenvalue weighted by Gasteiger charge is -2.42. The number of hydrogen-bond acceptors (Lipinski definition) is 4. The Hall–Kier alpha value is -7.11. The summed E-state index contributed by atoms with van der Waals surface area (Å²) in [6, 6.07) is 37.3. The van der Waals surface area contributed by atoms with E-state index >= 15 is 0 Å². The predicted molar refractivity (Wildman–Crippen MR) is 328 cm³/mol. The van der Waals surface area contributed by atoms with Gasteiger partial charge in [0.1, 0.15) is 24.0 Å². The maximum atomic E-state index is 10.5. The molecule has 0 saturated carbocycles. The summed E-state index contributed by atoms with van der Waals surface area (Å²) in [6.07, 6.45) is 3.48. The maximum Gasteiger partial charge on any atom is 0.137 e. The number of fused-ring (bicyclic) bond motifs is 5. The summed E-state index contributed by atoms with van der Waals surface area (Å²) in [7, 11) is 0. The maximum absolute atomic E-state index is 10.5. The smallest absolute Gasteiger partial charge is 0.137 e. The highest BCUT2D eigenvalue weighted by molar-refractivity contribution is 6.09. The summed E-state index contributed by atoms with van der Waals surface area (Å²) in [5.41, 5.74) is 12.5. The highest BCUT2D eigenvalue weighted by Crippen LogP contribution is 2.55. The fourth-order valence-corrected chi connectivity index (χ4v) is 11.5. The molecule has 0 atom stereocenters. The zero-order valence-electron chi connectivity index (χ0n) is 55.3. The molecule has 2 aliphatic rings. The Balaban J connectivity index is 1.11. The molecular weight excluding hydrogens is 937 g/mol. The molecule has 0 unspecified atom stereocenters. The molecule has 11 rings (SSSR count). The zero-order chi connectivity index (χ0) is 60.9. The number of rotatable bonds is 7. The molecule has 5 nitrogen and oxygen atoms in total. The van der Waals surface area contributed by atoms with E-state index in [1.54, 1.807) is 6.20 Å². The topological polar surface area (TPSA) is 33.5 Å². The van der Waals surface area contributed by atoms with Crippen LogP contribution in [-0.4, -0.2) is 16.2 Å². The third kappa shape index (κ3) is 9.42. The predicted octanol–water partition coefficient (Wildman–Crippen LogP) is 20.1. The second-order valence-electron chi connectivity index (χ2n) is 27.2. The number of ether oxygens (including phenoxy) is 1. The van der Waals surface area contributed by atoms with Gasteiger partial charge >= 0.3 is 0 Å². The van der Waals surface area contributed by atoms with Gasteiger partial charge in [0.2, 0.25) is 0 Å². The average Bonchev–Trinajstić information content (AvgIpc) is 1.14. The summed E-state index contributed by atoms with van der Waals surface area (Å²) in [6.45, 7) is 35.8. The van der Waals surface area contributed by atoms with E-state index in [4.69, 9.17) is 13.8 Å². The van der Waals surface area contributed by atoms with Crippen LogP contribution >= 0.6 is 0 Å². The molecule has 77 heavy (non-hydrogen) atoms. The van der Waals surface area contributed by atoms with Crippen molar-refractivity contribution in [2.45, 2.75) is 156 Å². The highest BCUT2D eigenvalue weighted by atomic mass is 16.5. The third-order valence-corrected chi connectivity index (χ3v) is 16.4. The Morgan fingerprint density at radius 1 is 0.519 bits per heavy atom. The van der Waals surface area contributed by atoms with Crippen molar-refractivity contribution in [2.75, 3.05) is 16.5 Å². The first-order valence-corrected chi connectivity index (χ1v) is 27.5. The van der Waals surface area contributed by atoms with Crippen molar-refractivity contribution in [3.63, 3.8) is 0 Å². The first-order valence-electron chi connectivity index (χ1n) is 31.0. The number of nitrogens with zero attached hydrogens (tertiary/aromatic N) is 4. The van der Waals surface area contributed by atoms with E-state index in [0.717, 1.165) is 74.5 Å². The van der Waals surface area contributed by atoms with Crippen LogP contribution in [0.3, 0.4) is 0 Å². The van der Waals surface area contributed by atoms with Crippen LogP contribution in [0.2, 0.25) is 0 Å². The normalized spacial score (nSPS) is 16.8. The van der Waals surface area contributed by atoms with Crippen molar-refractivity contribution in [1.29, 1.82) is 0 Å². The fraction of sp³-hybridized carbons (Fsp3) is 0.347. The van der Waals surface area contributed by atoms with Crippen LogP contribution in [0.4, 0.5) is 22.7 Å². The first kappa shape index (κ1) is 43.9. The standard InChI is InChI=1S/C72H80N4O/c1-67(2,3)47-29-31-53(59(41-47)70(10,11)12)57-40-49(69(7,8)9)39-56(46-28-33-58-60(38-46)72(15,16)36-35-71(58,13)14)66(57)75-45-74(62-26-19-20-27-63(62)75)50-22-21-23-51(43-50)77-52-30-32-55-54-24-17-18-25-61(54)76(64(55)44-52)65-42-48(34-37-73-65)68(4,5)6/h17-34,37-44H,35-36,45H2,1-16H3/i17D,18D,24D,25D,28D,33D,38D. The fourth-order valence-electron chi connectivity index (χ4n) is 11.5. The lowest BCUT2D eigenvalue weighted by Crippen LogP contribution is -2.33. The van der Waals surface area contributed by atoms with Crippen LogP contribution in [0, 0.1) is 0 Å². The molecule has 3 heterocycles. The average molecular weight is 1020 g/mol. The second-order valence-corrected chi connectivity index (χ2v) is 27.2. The first-order chi connectivity index (χ1) is 39.1. The Labute approximate surface area is 469 Å². The molecule has 0 spiro atoms. The molecule has 1 aliphatic carbocycles. The quantitative estimate of drug-likeness (QED) is 0.159. The Bertz CT molecular complexity index is 4180. The summed E-state index contributed by atoms with van der Waals surface area (Å²) >= 11 is 0. The number of anilines is 4. The van der Waals surface area contributed by atoms with Crippen LogP contribution in [0.5, 0.6) is 11.5 Å². The number of aromatic nitrogens is 2. The van der Waals surface area contributed by atoms with Crippen LogP contribution in [0.15, 0.2) is 158 Å².